The lowest BCUT2D eigenvalue weighted by Crippen LogP contribution is -2.39. The largest absolute Gasteiger partial charge is 0.772 e. The first-order valence-electron chi connectivity index (χ1n) is 3.39. The molecule has 0 saturated carbocycles. The molecule has 3 N–H and O–H groups in total. The van der Waals surface area contributed by atoms with Crippen molar-refractivity contribution in [3.8, 4) is 0 Å². The summed E-state index contributed by atoms with van der Waals surface area (Å²) in [6, 6.07) is 0. The lowest BCUT2D eigenvalue weighted by Gasteiger charge is -2.25. The number of aliphatic hydroxyl groups is 1. The van der Waals surface area contributed by atoms with E-state index in [1.165, 1.54) is 6.92 Å². The Morgan fingerprint density at radius 3 is 2.50 bits per heavy atom. The third-order valence-corrected chi connectivity index (χ3v) is 2.57. The minimum Gasteiger partial charge on any atom is -0.772 e. The van der Waals surface area contributed by atoms with E-state index in [9.17, 15) is 13.6 Å². The summed E-state index contributed by atoms with van der Waals surface area (Å²) >= 11 is -2.32. The molecule has 0 saturated heterocycles. The molecule has 0 aromatic heterocycles. The number of hydrogen-bond acceptors (Lipinski definition) is 4. The molecule has 72 valence electrons. The predicted octanol–water partition coefficient (Wildman–Crippen LogP) is -1.26. The third kappa shape index (κ3) is 3.29. The molecule has 0 aliphatic heterocycles. The normalized spacial score (nSPS) is 18.2. The van der Waals surface area contributed by atoms with E-state index in [1.807, 2.05) is 0 Å². The van der Waals surface area contributed by atoms with Gasteiger partial charge in [-0.2, -0.15) is 0 Å². The topological polar surface area (TPSA) is 103 Å². The van der Waals surface area contributed by atoms with Crippen LogP contribution < -0.4 is 5.73 Å². The van der Waals surface area contributed by atoms with E-state index in [0.29, 0.717) is 0 Å². The highest BCUT2D eigenvalue weighted by Crippen LogP contribution is 2.21. The van der Waals surface area contributed by atoms with Crippen molar-refractivity contribution in [3.05, 3.63) is 0 Å². The number of carbonyl (C=O) groups excluding carboxylic acids is 1. The Labute approximate surface area is 73.2 Å². The molecule has 1 amide bonds. The third-order valence-electron chi connectivity index (χ3n) is 1.69. The van der Waals surface area contributed by atoms with Crippen LogP contribution in [0.2, 0.25) is 0 Å². The van der Waals surface area contributed by atoms with Crippen molar-refractivity contribution in [1.82, 2.24) is 0 Å². The minimum absolute atomic E-state index is 0.0658. The second-order valence-corrected chi connectivity index (χ2v) is 3.74. The van der Waals surface area contributed by atoms with Gasteiger partial charge in [-0.05, 0) is 13.3 Å². The zero-order valence-electron chi connectivity index (χ0n) is 6.78. The molecule has 0 aliphatic carbocycles. The summed E-state index contributed by atoms with van der Waals surface area (Å²) < 4.78 is 20.6. The Morgan fingerprint density at radius 2 is 2.25 bits per heavy atom. The van der Waals surface area contributed by atoms with Gasteiger partial charge in [0.15, 0.2) is 0 Å². The van der Waals surface area contributed by atoms with Crippen LogP contribution >= 0.6 is 0 Å². The second kappa shape index (κ2) is 4.54. The zero-order valence-corrected chi connectivity index (χ0v) is 7.60. The Morgan fingerprint density at radius 1 is 1.75 bits per heavy atom. The summed E-state index contributed by atoms with van der Waals surface area (Å²) in [4.78, 5) is 10.8. The van der Waals surface area contributed by atoms with Gasteiger partial charge in [-0.15, -0.1) is 0 Å². The summed E-state index contributed by atoms with van der Waals surface area (Å²) in [5.41, 5.74) is 3.83. The number of nitrogens with two attached hydrogens (primary N) is 1. The molecule has 0 aliphatic rings. The van der Waals surface area contributed by atoms with Crippen molar-refractivity contribution in [2.45, 2.75) is 13.3 Å². The van der Waals surface area contributed by atoms with Gasteiger partial charge in [-0.1, -0.05) is 11.1 Å². The molecular weight excluding hydrogens is 182 g/mol. The van der Waals surface area contributed by atoms with E-state index >= 15 is 0 Å². The molecular formula is C6H12NO4S-. The molecule has 0 heterocycles. The predicted molar refractivity (Wildman–Crippen MR) is 42.8 cm³/mol. The average Bonchev–Trinajstić information content (AvgIpc) is 1.85. The van der Waals surface area contributed by atoms with Crippen LogP contribution in [-0.2, 0) is 15.9 Å². The molecule has 6 heteroatoms. The number of hydrogen-bond donors (Lipinski definition) is 2. The van der Waals surface area contributed by atoms with Crippen molar-refractivity contribution >= 4 is 17.0 Å². The zero-order chi connectivity index (χ0) is 9.78. The van der Waals surface area contributed by atoms with Gasteiger partial charge in [-0.25, -0.2) is 0 Å². The van der Waals surface area contributed by atoms with Gasteiger partial charge in [-0.3, -0.25) is 9.00 Å². The molecule has 0 rings (SSSR count). The van der Waals surface area contributed by atoms with E-state index in [-0.39, 0.29) is 18.8 Å². The quantitative estimate of drug-likeness (QED) is 0.533. The molecule has 2 atom stereocenters. The van der Waals surface area contributed by atoms with E-state index in [0.717, 1.165) is 0 Å². The average molecular weight is 194 g/mol. The Hall–Kier alpha value is -0.460. The monoisotopic (exact) mass is 194 g/mol. The number of aliphatic hydroxyl groups excluding tert-OH is 1. The Kier molecular flexibility index (Phi) is 4.36. The van der Waals surface area contributed by atoms with Gasteiger partial charge in [0.2, 0.25) is 5.91 Å². The number of rotatable bonds is 5. The van der Waals surface area contributed by atoms with Crippen LogP contribution in [0.25, 0.3) is 0 Å². The van der Waals surface area contributed by atoms with E-state index < -0.39 is 22.4 Å². The molecule has 0 aromatic carbocycles. The van der Waals surface area contributed by atoms with Crippen LogP contribution in [0.5, 0.6) is 0 Å². The van der Waals surface area contributed by atoms with E-state index in [1.54, 1.807) is 0 Å². The van der Waals surface area contributed by atoms with Gasteiger partial charge >= 0.3 is 0 Å². The summed E-state index contributed by atoms with van der Waals surface area (Å²) in [5.74, 6) is -1.05. The first-order chi connectivity index (χ1) is 5.42. The summed E-state index contributed by atoms with van der Waals surface area (Å²) in [6.45, 7) is 1.16. The molecule has 12 heavy (non-hydrogen) atoms. The molecule has 0 bridgehead atoms. The number of carbonyl (C=O) groups is 1. The molecule has 0 fully saturated rings. The van der Waals surface area contributed by atoms with Crippen molar-refractivity contribution in [2.24, 2.45) is 11.1 Å². The maximum absolute atomic E-state index is 10.8. The van der Waals surface area contributed by atoms with Gasteiger partial charge in [0.05, 0.1) is 5.41 Å². The van der Waals surface area contributed by atoms with E-state index in [2.05, 4.69) is 0 Å². The molecule has 0 radical (unpaired) electrons. The lowest BCUT2D eigenvalue weighted by atomic mass is 9.89. The molecule has 5 nitrogen and oxygen atoms in total. The highest BCUT2D eigenvalue weighted by atomic mass is 32.2. The van der Waals surface area contributed by atoms with Crippen LogP contribution in [0.1, 0.15) is 13.3 Å². The molecule has 2 unspecified atom stereocenters. The van der Waals surface area contributed by atoms with Crippen molar-refractivity contribution in [2.75, 3.05) is 12.4 Å². The van der Waals surface area contributed by atoms with Gasteiger partial charge in [0, 0.05) is 12.4 Å². The van der Waals surface area contributed by atoms with Crippen molar-refractivity contribution in [1.29, 1.82) is 0 Å². The van der Waals surface area contributed by atoms with Crippen LogP contribution in [-0.4, -0.2) is 32.1 Å². The first-order valence-corrected chi connectivity index (χ1v) is 4.63. The molecule has 0 aromatic rings. The van der Waals surface area contributed by atoms with Crippen molar-refractivity contribution < 1.29 is 18.7 Å². The van der Waals surface area contributed by atoms with Crippen LogP contribution in [0.15, 0.2) is 0 Å². The Bertz CT molecular complexity index is 196. The smallest absolute Gasteiger partial charge is 0.224 e. The Balaban J connectivity index is 4.38. The summed E-state index contributed by atoms with van der Waals surface area (Å²) in [6.07, 6.45) is 0.0658. The van der Waals surface area contributed by atoms with Gasteiger partial charge in [0.25, 0.3) is 0 Å². The van der Waals surface area contributed by atoms with Crippen LogP contribution in [0.4, 0.5) is 0 Å². The maximum atomic E-state index is 10.8. The summed E-state index contributed by atoms with van der Waals surface area (Å²) in [5, 5.41) is 8.55. The lowest BCUT2D eigenvalue weighted by molar-refractivity contribution is -0.126. The molecule has 0 spiro atoms. The fraction of sp³-hybridized carbons (Fsp3) is 0.833. The van der Waals surface area contributed by atoms with Gasteiger partial charge < -0.3 is 15.4 Å². The fourth-order valence-electron chi connectivity index (χ4n) is 0.773. The number of amides is 1. The maximum Gasteiger partial charge on any atom is 0.224 e. The van der Waals surface area contributed by atoms with E-state index in [4.69, 9.17) is 10.8 Å². The first kappa shape index (κ1) is 11.5. The minimum atomic E-state index is -2.32. The standard InChI is InChI=1S/C6H13NO4S/c1-6(2-3-8,5(7)9)4-12(10)11/h8H,2-4H2,1H3,(H2,7,9)(H,10,11)/p-1. The summed E-state index contributed by atoms with van der Waals surface area (Å²) in [7, 11) is 0. The number of primary amides is 1. The van der Waals surface area contributed by atoms with Gasteiger partial charge in [0.1, 0.15) is 0 Å². The second-order valence-electron chi connectivity index (χ2n) is 2.85. The highest BCUT2D eigenvalue weighted by molar-refractivity contribution is 7.79. The van der Waals surface area contributed by atoms with Crippen molar-refractivity contribution in [3.63, 3.8) is 0 Å². The van der Waals surface area contributed by atoms with Crippen LogP contribution in [0.3, 0.4) is 0 Å². The SMILES string of the molecule is CC(CCO)(CS(=O)[O-])C(N)=O. The van der Waals surface area contributed by atoms with Crippen LogP contribution in [0, 0.1) is 5.41 Å². The fourth-order valence-corrected chi connectivity index (χ4v) is 1.58. The highest BCUT2D eigenvalue weighted by Gasteiger charge is 2.30.